The molecule has 0 unspecified atom stereocenters. The molecule has 0 spiro atoms. The summed E-state index contributed by atoms with van der Waals surface area (Å²) >= 11 is 0. The van der Waals surface area contributed by atoms with Gasteiger partial charge in [0.1, 0.15) is 0 Å². The summed E-state index contributed by atoms with van der Waals surface area (Å²) in [4.78, 5) is 23.8. The first-order valence-electron chi connectivity index (χ1n) is 3.68. The third kappa shape index (κ3) is 1.08. The van der Waals surface area contributed by atoms with Crippen molar-refractivity contribution in [3.63, 3.8) is 0 Å². The number of aromatic nitrogens is 2. The number of H-pyrrole nitrogens is 1. The fourth-order valence-corrected chi connectivity index (χ4v) is 1.16. The first-order valence-corrected chi connectivity index (χ1v) is 3.68. The van der Waals surface area contributed by atoms with Crippen LogP contribution in [0.5, 0.6) is 0 Å². The molecule has 1 aromatic heterocycles. The van der Waals surface area contributed by atoms with Gasteiger partial charge >= 0.3 is 5.69 Å². The second-order valence-corrected chi connectivity index (χ2v) is 2.89. The average molecular weight is 168 g/mol. The van der Waals surface area contributed by atoms with Crippen molar-refractivity contribution in [1.82, 2.24) is 9.55 Å². The van der Waals surface area contributed by atoms with Gasteiger partial charge in [-0.15, -0.1) is 0 Å². The van der Waals surface area contributed by atoms with Crippen LogP contribution in [-0.2, 0) is 0 Å². The summed E-state index contributed by atoms with van der Waals surface area (Å²) < 4.78 is 1.34. The highest BCUT2D eigenvalue weighted by Crippen LogP contribution is 2.33. The molecular formula is C7H8N2O3. The Bertz CT molecular complexity index is 406. The number of aromatic amines is 1. The molecule has 0 aromatic carbocycles. The van der Waals surface area contributed by atoms with Gasteiger partial charge in [0, 0.05) is 12.3 Å². The average Bonchev–Trinajstić information content (AvgIpc) is 2.66. The van der Waals surface area contributed by atoms with E-state index < -0.39 is 17.4 Å². The molecule has 1 aliphatic carbocycles. The lowest BCUT2D eigenvalue weighted by atomic mass is 10.6. The number of aliphatic hydroxyl groups is 1. The minimum Gasteiger partial charge on any atom is -0.391 e. The van der Waals surface area contributed by atoms with Crippen molar-refractivity contribution in [2.45, 2.75) is 18.6 Å². The summed E-state index contributed by atoms with van der Waals surface area (Å²) in [5, 5.41) is 9.02. The molecule has 12 heavy (non-hydrogen) atoms. The lowest BCUT2D eigenvalue weighted by Gasteiger charge is -1.99. The third-order valence-corrected chi connectivity index (χ3v) is 1.93. The predicted molar refractivity (Wildman–Crippen MR) is 41.0 cm³/mol. The number of hydrogen-bond acceptors (Lipinski definition) is 3. The molecule has 5 nitrogen and oxygen atoms in total. The van der Waals surface area contributed by atoms with Gasteiger partial charge in [-0.1, -0.05) is 0 Å². The summed E-state index contributed by atoms with van der Waals surface area (Å²) in [7, 11) is 0. The van der Waals surface area contributed by atoms with Gasteiger partial charge in [0.15, 0.2) is 0 Å². The lowest BCUT2D eigenvalue weighted by molar-refractivity contribution is 0.258. The number of nitrogens with one attached hydrogen (secondary N) is 1. The standard InChI is InChI=1S/C7H8N2O3/c10-5-3-4(5)9-2-1-6(11)8-7(9)12/h1-2,4-5,10H,3H2,(H,8,11,12)/t4-,5-/m0/s1. The Morgan fingerprint density at radius 1 is 1.58 bits per heavy atom. The van der Waals surface area contributed by atoms with E-state index in [-0.39, 0.29) is 6.04 Å². The minimum atomic E-state index is -0.455. The van der Waals surface area contributed by atoms with Crippen LogP contribution in [-0.4, -0.2) is 20.8 Å². The van der Waals surface area contributed by atoms with Crippen molar-refractivity contribution in [1.29, 1.82) is 0 Å². The van der Waals surface area contributed by atoms with Crippen LogP contribution in [0.3, 0.4) is 0 Å². The Labute approximate surface area is 67.3 Å². The van der Waals surface area contributed by atoms with Gasteiger partial charge in [-0.25, -0.2) is 4.79 Å². The van der Waals surface area contributed by atoms with E-state index in [1.807, 2.05) is 0 Å². The van der Waals surface area contributed by atoms with Crippen molar-refractivity contribution in [2.24, 2.45) is 0 Å². The molecule has 1 aromatic rings. The molecule has 0 aliphatic heterocycles. The van der Waals surface area contributed by atoms with E-state index in [0.717, 1.165) is 0 Å². The Morgan fingerprint density at radius 2 is 2.25 bits per heavy atom. The van der Waals surface area contributed by atoms with E-state index in [1.54, 1.807) is 0 Å². The van der Waals surface area contributed by atoms with Crippen LogP contribution in [0.1, 0.15) is 12.5 Å². The molecule has 5 heteroatoms. The van der Waals surface area contributed by atoms with Crippen molar-refractivity contribution in [2.75, 3.05) is 0 Å². The number of rotatable bonds is 1. The fourth-order valence-electron chi connectivity index (χ4n) is 1.16. The molecule has 2 atom stereocenters. The number of aliphatic hydroxyl groups excluding tert-OH is 1. The van der Waals surface area contributed by atoms with Crippen molar-refractivity contribution < 1.29 is 5.11 Å². The topological polar surface area (TPSA) is 75.1 Å². The van der Waals surface area contributed by atoms with Crippen molar-refractivity contribution >= 4 is 0 Å². The molecule has 1 saturated carbocycles. The smallest absolute Gasteiger partial charge is 0.328 e. The maximum atomic E-state index is 11.1. The Kier molecular flexibility index (Phi) is 1.41. The van der Waals surface area contributed by atoms with Gasteiger partial charge in [0.2, 0.25) is 0 Å². The zero-order chi connectivity index (χ0) is 8.72. The predicted octanol–water partition coefficient (Wildman–Crippen LogP) is -1.16. The molecule has 1 heterocycles. The quantitative estimate of drug-likeness (QED) is 0.555. The monoisotopic (exact) mass is 168 g/mol. The first-order chi connectivity index (χ1) is 5.68. The highest BCUT2D eigenvalue weighted by molar-refractivity contribution is 4.96. The number of nitrogens with zero attached hydrogens (tertiary/aromatic N) is 1. The molecule has 0 saturated heterocycles. The molecular weight excluding hydrogens is 160 g/mol. The molecule has 0 bridgehead atoms. The van der Waals surface area contributed by atoms with Gasteiger partial charge < -0.3 is 5.11 Å². The van der Waals surface area contributed by atoms with Crippen LogP contribution in [0.25, 0.3) is 0 Å². The Morgan fingerprint density at radius 3 is 2.75 bits per heavy atom. The molecule has 0 radical (unpaired) electrons. The minimum absolute atomic E-state index is 0.144. The van der Waals surface area contributed by atoms with Gasteiger partial charge in [0.05, 0.1) is 12.1 Å². The maximum Gasteiger partial charge on any atom is 0.328 e. The Balaban J connectivity index is 2.46. The van der Waals surface area contributed by atoms with Gasteiger partial charge in [-0.3, -0.25) is 14.3 Å². The fraction of sp³-hybridized carbons (Fsp3) is 0.429. The van der Waals surface area contributed by atoms with Crippen LogP contribution in [0, 0.1) is 0 Å². The normalized spacial score (nSPS) is 27.1. The maximum absolute atomic E-state index is 11.1. The van der Waals surface area contributed by atoms with Gasteiger partial charge in [-0.05, 0) is 6.42 Å². The zero-order valence-electron chi connectivity index (χ0n) is 6.23. The van der Waals surface area contributed by atoms with Crippen LogP contribution < -0.4 is 11.2 Å². The SMILES string of the molecule is O=c1ccn([C@H]2C[C@@H]2O)c(=O)[nH]1. The lowest BCUT2D eigenvalue weighted by Crippen LogP contribution is -2.28. The molecule has 64 valence electrons. The highest BCUT2D eigenvalue weighted by Gasteiger charge is 2.37. The molecule has 1 aliphatic rings. The van der Waals surface area contributed by atoms with E-state index in [2.05, 4.69) is 4.98 Å². The summed E-state index contributed by atoms with van der Waals surface area (Å²) in [6.07, 6.45) is 1.56. The number of hydrogen-bond donors (Lipinski definition) is 2. The van der Waals surface area contributed by atoms with Crippen LogP contribution in [0.4, 0.5) is 0 Å². The van der Waals surface area contributed by atoms with Crippen LogP contribution >= 0.6 is 0 Å². The Hall–Kier alpha value is -1.36. The highest BCUT2D eigenvalue weighted by atomic mass is 16.3. The summed E-state index contributed by atoms with van der Waals surface area (Å²) in [6, 6.07) is 1.13. The third-order valence-electron chi connectivity index (χ3n) is 1.93. The molecule has 2 rings (SSSR count). The van der Waals surface area contributed by atoms with Crippen molar-refractivity contribution in [3.8, 4) is 0 Å². The zero-order valence-corrected chi connectivity index (χ0v) is 6.23. The second kappa shape index (κ2) is 2.31. The summed E-state index contributed by atoms with van der Waals surface area (Å²) in [5.74, 6) is 0. The summed E-state index contributed by atoms with van der Waals surface area (Å²) in [6.45, 7) is 0. The molecule has 0 amide bonds. The van der Waals surface area contributed by atoms with E-state index in [9.17, 15) is 9.59 Å². The van der Waals surface area contributed by atoms with Gasteiger partial charge in [-0.2, -0.15) is 0 Å². The largest absolute Gasteiger partial charge is 0.391 e. The van der Waals surface area contributed by atoms with Gasteiger partial charge in [0.25, 0.3) is 5.56 Å². The van der Waals surface area contributed by atoms with Crippen LogP contribution in [0.15, 0.2) is 21.9 Å². The van der Waals surface area contributed by atoms with Crippen molar-refractivity contribution in [3.05, 3.63) is 33.1 Å². The summed E-state index contributed by atoms with van der Waals surface area (Å²) in [5.41, 5.74) is -0.865. The van der Waals surface area contributed by atoms with E-state index in [1.165, 1.54) is 16.8 Å². The second-order valence-electron chi connectivity index (χ2n) is 2.89. The van der Waals surface area contributed by atoms with E-state index in [4.69, 9.17) is 5.11 Å². The molecule has 1 fully saturated rings. The first kappa shape index (κ1) is 7.30. The van der Waals surface area contributed by atoms with E-state index >= 15 is 0 Å². The van der Waals surface area contributed by atoms with Crippen LogP contribution in [0.2, 0.25) is 0 Å². The van der Waals surface area contributed by atoms with E-state index in [0.29, 0.717) is 6.42 Å². The molecule has 2 N–H and O–H groups in total.